The van der Waals surface area contributed by atoms with E-state index in [1.54, 1.807) is 0 Å². The SMILES string of the molecule is CC(C)(C)NC(=O)Cn1c(SCC(=O)Nc2ccccc2)nc2ccccc21. The molecule has 0 saturated carbocycles. The van der Waals surface area contributed by atoms with E-state index in [9.17, 15) is 9.59 Å². The number of nitrogens with one attached hydrogen (secondary N) is 2. The van der Waals surface area contributed by atoms with Crippen LogP contribution in [0.4, 0.5) is 5.69 Å². The zero-order valence-corrected chi connectivity index (χ0v) is 17.0. The van der Waals surface area contributed by atoms with Gasteiger partial charge in [0.2, 0.25) is 11.8 Å². The summed E-state index contributed by atoms with van der Waals surface area (Å²) in [6.07, 6.45) is 0. The fourth-order valence-corrected chi connectivity index (χ4v) is 3.58. The molecule has 0 aliphatic carbocycles. The molecule has 28 heavy (non-hydrogen) atoms. The van der Waals surface area contributed by atoms with Gasteiger partial charge in [0.25, 0.3) is 0 Å². The summed E-state index contributed by atoms with van der Waals surface area (Å²) < 4.78 is 1.86. The molecule has 6 nitrogen and oxygen atoms in total. The molecule has 0 unspecified atom stereocenters. The molecule has 0 bridgehead atoms. The van der Waals surface area contributed by atoms with Gasteiger partial charge in [0.1, 0.15) is 6.54 Å². The van der Waals surface area contributed by atoms with E-state index in [1.807, 2.05) is 79.9 Å². The molecular weight excluding hydrogens is 372 g/mol. The lowest BCUT2D eigenvalue weighted by molar-refractivity contribution is -0.123. The molecule has 0 fully saturated rings. The lowest BCUT2D eigenvalue weighted by atomic mass is 10.1. The minimum Gasteiger partial charge on any atom is -0.350 e. The van der Waals surface area contributed by atoms with Crippen LogP contribution in [-0.2, 0) is 16.1 Å². The van der Waals surface area contributed by atoms with Gasteiger partial charge < -0.3 is 15.2 Å². The molecule has 2 N–H and O–H groups in total. The molecule has 2 amide bonds. The highest BCUT2D eigenvalue weighted by Gasteiger charge is 2.18. The van der Waals surface area contributed by atoms with Crippen molar-refractivity contribution in [2.24, 2.45) is 0 Å². The maximum atomic E-state index is 12.5. The van der Waals surface area contributed by atoms with Gasteiger partial charge in [-0.2, -0.15) is 0 Å². The Morgan fingerprint density at radius 1 is 1.00 bits per heavy atom. The number of carbonyl (C=O) groups excluding carboxylic acids is 2. The number of rotatable bonds is 6. The Hall–Kier alpha value is -2.80. The number of nitrogens with zero attached hydrogens (tertiary/aromatic N) is 2. The number of amides is 2. The molecule has 0 saturated heterocycles. The van der Waals surface area contributed by atoms with Gasteiger partial charge in [-0.25, -0.2) is 4.98 Å². The van der Waals surface area contributed by atoms with Crippen LogP contribution in [0.5, 0.6) is 0 Å². The first-order valence-corrected chi connectivity index (χ1v) is 10.0. The van der Waals surface area contributed by atoms with Crippen LogP contribution in [0.3, 0.4) is 0 Å². The van der Waals surface area contributed by atoms with E-state index in [4.69, 9.17) is 0 Å². The Bertz CT molecular complexity index is 977. The summed E-state index contributed by atoms with van der Waals surface area (Å²) in [6, 6.07) is 17.0. The number of benzene rings is 2. The number of fused-ring (bicyclic) bond motifs is 1. The predicted molar refractivity (Wildman–Crippen MR) is 113 cm³/mol. The maximum Gasteiger partial charge on any atom is 0.240 e. The summed E-state index contributed by atoms with van der Waals surface area (Å²) in [5.41, 5.74) is 2.12. The van der Waals surface area contributed by atoms with Crippen molar-refractivity contribution in [3.8, 4) is 0 Å². The number of anilines is 1. The van der Waals surface area contributed by atoms with Gasteiger partial charge in [0, 0.05) is 11.2 Å². The molecule has 3 aromatic rings. The Morgan fingerprint density at radius 3 is 2.39 bits per heavy atom. The standard InChI is InChI=1S/C21H24N4O2S/c1-21(2,3)24-18(26)13-25-17-12-8-7-11-16(17)23-20(25)28-14-19(27)22-15-9-5-4-6-10-15/h4-12H,13-14H2,1-3H3,(H,22,27)(H,24,26). The molecule has 1 heterocycles. The van der Waals surface area contributed by atoms with Crippen LogP contribution in [0.1, 0.15) is 20.8 Å². The number of aromatic nitrogens is 2. The molecule has 3 rings (SSSR count). The molecule has 2 aromatic carbocycles. The van der Waals surface area contributed by atoms with Gasteiger partial charge in [0.15, 0.2) is 5.16 Å². The maximum absolute atomic E-state index is 12.5. The van der Waals surface area contributed by atoms with E-state index >= 15 is 0 Å². The highest BCUT2D eigenvalue weighted by molar-refractivity contribution is 7.99. The van der Waals surface area contributed by atoms with E-state index in [2.05, 4.69) is 15.6 Å². The highest BCUT2D eigenvalue weighted by atomic mass is 32.2. The average Bonchev–Trinajstić information content (AvgIpc) is 2.97. The largest absolute Gasteiger partial charge is 0.350 e. The van der Waals surface area contributed by atoms with Crippen molar-refractivity contribution >= 4 is 40.3 Å². The third-order valence-corrected chi connectivity index (χ3v) is 4.80. The van der Waals surface area contributed by atoms with Crippen molar-refractivity contribution in [1.82, 2.24) is 14.9 Å². The van der Waals surface area contributed by atoms with Gasteiger partial charge in [-0.15, -0.1) is 0 Å². The van der Waals surface area contributed by atoms with Gasteiger partial charge in [-0.05, 0) is 45.0 Å². The number of carbonyl (C=O) groups is 2. The van der Waals surface area contributed by atoms with Crippen LogP contribution in [-0.4, -0.2) is 32.7 Å². The first-order valence-electron chi connectivity index (χ1n) is 9.06. The number of para-hydroxylation sites is 3. The van der Waals surface area contributed by atoms with Gasteiger partial charge in [-0.1, -0.05) is 42.1 Å². The Labute approximate surface area is 168 Å². The Balaban J connectivity index is 1.74. The van der Waals surface area contributed by atoms with Crippen LogP contribution in [0.25, 0.3) is 11.0 Å². The quantitative estimate of drug-likeness (QED) is 0.623. The highest BCUT2D eigenvalue weighted by Crippen LogP contribution is 2.24. The van der Waals surface area contributed by atoms with Gasteiger partial charge >= 0.3 is 0 Å². The molecule has 0 aliphatic heterocycles. The summed E-state index contributed by atoms with van der Waals surface area (Å²) in [4.78, 5) is 29.3. The third kappa shape index (κ3) is 5.36. The van der Waals surface area contributed by atoms with Crippen molar-refractivity contribution in [3.05, 3.63) is 54.6 Å². The topological polar surface area (TPSA) is 76.0 Å². The van der Waals surface area contributed by atoms with Crippen molar-refractivity contribution in [3.63, 3.8) is 0 Å². The molecule has 0 spiro atoms. The smallest absolute Gasteiger partial charge is 0.240 e. The molecule has 0 atom stereocenters. The van der Waals surface area contributed by atoms with Crippen molar-refractivity contribution in [1.29, 1.82) is 0 Å². The second kappa shape index (κ2) is 8.48. The molecule has 0 radical (unpaired) electrons. The number of hydrogen-bond acceptors (Lipinski definition) is 4. The van der Waals surface area contributed by atoms with E-state index in [0.717, 1.165) is 16.7 Å². The monoisotopic (exact) mass is 396 g/mol. The molecule has 1 aromatic heterocycles. The zero-order valence-electron chi connectivity index (χ0n) is 16.2. The van der Waals surface area contributed by atoms with Crippen molar-refractivity contribution in [2.45, 2.75) is 38.0 Å². The van der Waals surface area contributed by atoms with Crippen LogP contribution in [0, 0.1) is 0 Å². The summed E-state index contributed by atoms with van der Waals surface area (Å²) in [5, 5.41) is 6.48. The predicted octanol–water partition coefficient (Wildman–Crippen LogP) is 3.68. The van der Waals surface area contributed by atoms with E-state index in [0.29, 0.717) is 5.16 Å². The normalized spacial score (nSPS) is 11.4. The average molecular weight is 397 g/mol. The third-order valence-electron chi connectivity index (χ3n) is 3.83. The summed E-state index contributed by atoms with van der Waals surface area (Å²) in [7, 11) is 0. The Morgan fingerprint density at radius 2 is 1.68 bits per heavy atom. The van der Waals surface area contributed by atoms with Crippen LogP contribution < -0.4 is 10.6 Å². The Kier molecular flexibility index (Phi) is 6.04. The van der Waals surface area contributed by atoms with E-state index < -0.39 is 0 Å². The fraction of sp³-hybridized carbons (Fsp3) is 0.286. The second-order valence-corrected chi connectivity index (χ2v) is 8.41. The van der Waals surface area contributed by atoms with Crippen molar-refractivity contribution < 1.29 is 9.59 Å². The molecule has 146 valence electrons. The number of imidazole rings is 1. The minimum atomic E-state index is -0.309. The van der Waals surface area contributed by atoms with E-state index in [-0.39, 0.29) is 29.7 Å². The summed E-state index contributed by atoms with van der Waals surface area (Å²) >= 11 is 1.32. The molecular formula is C21H24N4O2S. The lowest BCUT2D eigenvalue weighted by Crippen LogP contribution is -2.42. The molecule has 0 aliphatic rings. The fourth-order valence-electron chi connectivity index (χ4n) is 2.77. The van der Waals surface area contributed by atoms with E-state index in [1.165, 1.54) is 11.8 Å². The summed E-state index contributed by atoms with van der Waals surface area (Å²) in [6.45, 7) is 5.99. The minimum absolute atomic E-state index is 0.0914. The van der Waals surface area contributed by atoms with Gasteiger partial charge in [-0.3, -0.25) is 9.59 Å². The summed E-state index contributed by atoms with van der Waals surface area (Å²) in [5.74, 6) is -0.000712. The van der Waals surface area contributed by atoms with Crippen LogP contribution >= 0.6 is 11.8 Å². The zero-order chi connectivity index (χ0) is 20.1. The first kappa shape index (κ1) is 19.9. The van der Waals surface area contributed by atoms with Crippen molar-refractivity contribution in [2.75, 3.05) is 11.1 Å². The number of hydrogen-bond donors (Lipinski definition) is 2. The second-order valence-electron chi connectivity index (χ2n) is 7.47. The van der Waals surface area contributed by atoms with Crippen LogP contribution in [0.2, 0.25) is 0 Å². The lowest BCUT2D eigenvalue weighted by Gasteiger charge is -2.21. The van der Waals surface area contributed by atoms with Gasteiger partial charge in [0.05, 0.1) is 16.8 Å². The number of thioether (sulfide) groups is 1. The van der Waals surface area contributed by atoms with Crippen LogP contribution in [0.15, 0.2) is 59.8 Å². The first-order chi connectivity index (χ1) is 13.3. The molecule has 7 heteroatoms.